The maximum Gasteiger partial charge on any atom is 0.00984 e. The minimum Gasteiger partial charge on any atom is -0.298 e. The molecule has 0 aromatic heterocycles. The van der Waals surface area contributed by atoms with E-state index in [1.807, 2.05) is 0 Å². The first-order chi connectivity index (χ1) is 5.09. The molecule has 0 radical (unpaired) electrons. The fraction of sp³-hybridized carbons (Fsp3) is 1.00. The van der Waals surface area contributed by atoms with E-state index in [9.17, 15) is 0 Å². The summed E-state index contributed by atoms with van der Waals surface area (Å²) in [6, 6.07) is 1.56. The highest BCUT2D eigenvalue weighted by molar-refractivity contribution is 4.91. The summed E-state index contributed by atoms with van der Waals surface area (Å²) in [5.74, 6) is 1.73. The molecule has 2 unspecified atom stereocenters. The monoisotopic (exact) mass is 155 g/mol. The Balaban J connectivity index is 2.69. The fourth-order valence-corrected chi connectivity index (χ4v) is 2.43. The first-order valence-corrected chi connectivity index (χ1v) is 4.85. The molecule has 1 heteroatoms. The topological polar surface area (TPSA) is 3.24 Å². The third-order valence-electron chi connectivity index (χ3n) is 3.76. The van der Waals surface area contributed by atoms with Gasteiger partial charge in [0.1, 0.15) is 0 Å². The van der Waals surface area contributed by atoms with Gasteiger partial charge in [-0.25, -0.2) is 0 Å². The van der Waals surface area contributed by atoms with E-state index in [2.05, 4.69) is 39.5 Å². The zero-order valence-electron chi connectivity index (χ0n) is 8.46. The lowest BCUT2D eigenvalue weighted by Crippen LogP contribution is -2.34. The molecule has 0 N–H and O–H groups in total. The van der Waals surface area contributed by atoms with E-state index in [-0.39, 0.29) is 0 Å². The molecular weight excluding hydrogens is 134 g/mol. The van der Waals surface area contributed by atoms with Crippen molar-refractivity contribution in [1.29, 1.82) is 0 Å². The minimum atomic E-state index is 0.782. The van der Waals surface area contributed by atoms with Crippen molar-refractivity contribution in [2.75, 3.05) is 6.54 Å². The van der Waals surface area contributed by atoms with Crippen LogP contribution in [0.1, 0.15) is 34.6 Å². The SMILES string of the molecule is CCN1C(C)[C@H](C)C(C)[C@@H]1C. The van der Waals surface area contributed by atoms with E-state index >= 15 is 0 Å². The molecule has 0 amide bonds. The molecule has 0 aliphatic carbocycles. The summed E-state index contributed by atoms with van der Waals surface area (Å²) in [6.45, 7) is 12.9. The van der Waals surface area contributed by atoms with Crippen molar-refractivity contribution in [3.8, 4) is 0 Å². The second-order valence-electron chi connectivity index (χ2n) is 4.03. The number of nitrogens with zero attached hydrogens (tertiary/aromatic N) is 1. The Labute approximate surface area is 70.8 Å². The van der Waals surface area contributed by atoms with Crippen LogP contribution in [0.15, 0.2) is 0 Å². The van der Waals surface area contributed by atoms with Gasteiger partial charge in [0.25, 0.3) is 0 Å². The molecule has 1 aliphatic heterocycles. The normalized spacial score (nSPS) is 46.6. The highest BCUT2D eigenvalue weighted by Gasteiger charge is 2.37. The molecule has 0 spiro atoms. The third kappa shape index (κ3) is 1.31. The molecule has 0 aromatic carbocycles. The first-order valence-electron chi connectivity index (χ1n) is 4.85. The summed E-state index contributed by atoms with van der Waals surface area (Å²) in [5.41, 5.74) is 0. The molecule has 1 heterocycles. The van der Waals surface area contributed by atoms with Gasteiger partial charge in [0.05, 0.1) is 0 Å². The lowest BCUT2D eigenvalue weighted by Gasteiger charge is -2.25. The molecule has 0 aromatic rings. The second kappa shape index (κ2) is 3.14. The number of rotatable bonds is 1. The fourth-order valence-electron chi connectivity index (χ4n) is 2.43. The van der Waals surface area contributed by atoms with Gasteiger partial charge in [0.15, 0.2) is 0 Å². The zero-order chi connectivity index (χ0) is 8.59. The number of likely N-dealkylation sites (tertiary alicyclic amines) is 1. The molecule has 1 rings (SSSR count). The predicted molar refractivity (Wildman–Crippen MR) is 49.6 cm³/mol. The molecule has 0 saturated carbocycles. The van der Waals surface area contributed by atoms with Crippen LogP contribution in [0, 0.1) is 11.8 Å². The van der Waals surface area contributed by atoms with Gasteiger partial charge in [-0.1, -0.05) is 20.8 Å². The zero-order valence-corrected chi connectivity index (χ0v) is 8.46. The van der Waals surface area contributed by atoms with Gasteiger partial charge in [-0.05, 0) is 32.2 Å². The summed E-state index contributed by atoms with van der Waals surface area (Å²) < 4.78 is 0. The summed E-state index contributed by atoms with van der Waals surface area (Å²) in [5, 5.41) is 0. The van der Waals surface area contributed by atoms with Crippen LogP contribution >= 0.6 is 0 Å². The summed E-state index contributed by atoms with van der Waals surface area (Å²) in [7, 11) is 0. The Morgan fingerprint density at radius 1 is 0.909 bits per heavy atom. The molecule has 66 valence electrons. The van der Waals surface area contributed by atoms with Crippen LogP contribution in [0.5, 0.6) is 0 Å². The van der Waals surface area contributed by atoms with Gasteiger partial charge < -0.3 is 0 Å². The van der Waals surface area contributed by atoms with Crippen LogP contribution in [0.2, 0.25) is 0 Å². The van der Waals surface area contributed by atoms with Crippen LogP contribution < -0.4 is 0 Å². The van der Waals surface area contributed by atoms with Crippen LogP contribution in [-0.2, 0) is 0 Å². The summed E-state index contributed by atoms with van der Waals surface area (Å²) in [4.78, 5) is 2.61. The lowest BCUT2D eigenvalue weighted by atomic mass is 9.92. The maximum atomic E-state index is 2.61. The van der Waals surface area contributed by atoms with Gasteiger partial charge in [-0.2, -0.15) is 0 Å². The van der Waals surface area contributed by atoms with Gasteiger partial charge in [0.2, 0.25) is 0 Å². The molecule has 1 aliphatic rings. The third-order valence-corrected chi connectivity index (χ3v) is 3.76. The van der Waals surface area contributed by atoms with Gasteiger partial charge >= 0.3 is 0 Å². The van der Waals surface area contributed by atoms with E-state index in [0.29, 0.717) is 0 Å². The molecule has 1 saturated heterocycles. The minimum absolute atomic E-state index is 0.782. The van der Waals surface area contributed by atoms with Crippen molar-refractivity contribution in [3.63, 3.8) is 0 Å². The van der Waals surface area contributed by atoms with Crippen LogP contribution in [-0.4, -0.2) is 23.5 Å². The highest BCUT2D eigenvalue weighted by Crippen LogP contribution is 2.33. The Kier molecular flexibility index (Phi) is 2.58. The van der Waals surface area contributed by atoms with Crippen molar-refractivity contribution in [3.05, 3.63) is 0 Å². The molecule has 0 bridgehead atoms. The summed E-state index contributed by atoms with van der Waals surface area (Å²) in [6.07, 6.45) is 0. The molecular formula is C10H21N. The second-order valence-corrected chi connectivity index (χ2v) is 4.03. The summed E-state index contributed by atoms with van der Waals surface area (Å²) >= 11 is 0. The van der Waals surface area contributed by atoms with Crippen molar-refractivity contribution in [2.24, 2.45) is 11.8 Å². The Morgan fingerprint density at radius 3 is 1.45 bits per heavy atom. The van der Waals surface area contributed by atoms with Gasteiger partial charge in [-0.15, -0.1) is 0 Å². The van der Waals surface area contributed by atoms with E-state index in [4.69, 9.17) is 0 Å². The highest BCUT2D eigenvalue weighted by atomic mass is 15.2. The van der Waals surface area contributed by atoms with Crippen molar-refractivity contribution in [1.82, 2.24) is 4.90 Å². The Bertz CT molecular complexity index is 119. The first kappa shape index (κ1) is 9.05. The standard InChI is InChI=1S/C10H21N/c1-6-11-9(4)7(2)8(3)10(11)5/h7-10H,6H2,1-5H3/t7-,8?,9?,10+/m1/s1. The molecule has 1 fully saturated rings. The maximum absolute atomic E-state index is 2.61. The van der Waals surface area contributed by atoms with Crippen LogP contribution in [0.25, 0.3) is 0 Å². The molecule has 4 atom stereocenters. The average molecular weight is 155 g/mol. The van der Waals surface area contributed by atoms with E-state index in [1.54, 1.807) is 0 Å². The van der Waals surface area contributed by atoms with Gasteiger partial charge in [-0.3, -0.25) is 4.90 Å². The quantitative estimate of drug-likeness (QED) is 0.562. The molecule has 11 heavy (non-hydrogen) atoms. The van der Waals surface area contributed by atoms with Crippen LogP contribution in [0.4, 0.5) is 0 Å². The smallest absolute Gasteiger partial charge is 0.00984 e. The van der Waals surface area contributed by atoms with E-state index in [1.165, 1.54) is 6.54 Å². The van der Waals surface area contributed by atoms with Crippen LogP contribution in [0.3, 0.4) is 0 Å². The Morgan fingerprint density at radius 2 is 1.27 bits per heavy atom. The Hall–Kier alpha value is -0.0400. The largest absolute Gasteiger partial charge is 0.298 e. The van der Waals surface area contributed by atoms with Gasteiger partial charge in [0, 0.05) is 12.1 Å². The average Bonchev–Trinajstić information content (AvgIpc) is 2.17. The predicted octanol–water partition coefficient (Wildman–Crippen LogP) is 2.37. The lowest BCUT2D eigenvalue weighted by molar-refractivity contribution is 0.209. The van der Waals surface area contributed by atoms with E-state index < -0.39 is 0 Å². The van der Waals surface area contributed by atoms with Crippen molar-refractivity contribution < 1.29 is 0 Å². The number of hydrogen-bond acceptors (Lipinski definition) is 1. The van der Waals surface area contributed by atoms with Crippen molar-refractivity contribution >= 4 is 0 Å². The number of hydrogen-bond donors (Lipinski definition) is 0. The molecule has 1 nitrogen and oxygen atoms in total. The van der Waals surface area contributed by atoms with E-state index in [0.717, 1.165) is 23.9 Å². The van der Waals surface area contributed by atoms with Crippen molar-refractivity contribution in [2.45, 2.75) is 46.7 Å².